The lowest BCUT2D eigenvalue weighted by Crippen LogP contribution is -2.29. The number of carbonyl (C=O) groups excluding carboxylic acids is 2. The number of amides is 2. The van der Waals surface area contributed by atoms with Crippen LogP contribution in [0.5, 0.6) is 17.2 Å². The molecule has 1 heterocycles. The van der Waals surface area contributed by atoms with Crippen molar-refractivity contribution in [2.75, 3.05) is 37.3 Å². The Morgan fingerprint density at radius 2 is 1.70 bits per heavy atom. The highest BCUT2D eigenvalue weighted by molar-refractivity contribution is 8.00. The van der Waals surface area contributed by atoms with Crippen LogP contribution in [0.3, 0.4) is 0 Å². The van der Waals surface area contributed by atoms with Gasteiger partial charge in [-0.1, -0.05) is 24.3 Å². The summed E-state index contributed by atoms with van der Waals surface area (Å²) in [6.07, 6.45) is 0. The summed E-state index contributed by atoms with van der Waals surface area (Å²) in [5.74, 6) is 1.79. The van der Waals surface area contributed by atoms with Crippen LogP contribution in [0.1, 0.15) is 21.3 Å². The van der Waals surface area contributed by atoms with E-state index in [1.54, 1.807) is 62.6 Å². The van der Waals surface area contributed by atoms with E-state index in [0.29, 0.717) is 39.9 Å². The number of thioether (sulfide) groups is 1. The maximum absolute atomic E-state index is 12.9. The third-order valence-corrected chi connectivity index (χ3v) is 6.52. The SMILES string of the molecule is COc1cccc(C(=O)Nc2ccccc2C2SCC(=O)N2c2ccc(OC)cc2OC)c1. The minimum absolute atomic E-state index is 0.0395. The Balaban J connectivity index is 1.68. The summed E-state index contributed by atoms with van der Waals surface area (Å²) in [6.45, 7) is 0. The van der Waals surface area contributed by atoms with Crippen LogP contribution in [-0.2, 0) is 4.79 Å². The first-order valence-corrected chi connectivity index (χ1v) is 11.3. The van der Waals surface area contributed by atoms with Crippen LogP contribution >= 0.6 is 11.8 Å². The second-order valence-corrected chi connectivity index (χ2v) is 8.31. The predicted molar refractivity (Wildman–Crippen MR) is 130 cm³/mol. The number of carbonyl (C=O) groups is 2. The van der Waals surface area contributed by atoms with E-state index in [1.165, 1.54) is 11.8 Å². The van der Waals surface area contributed by atoms with Gasteiger partial charge in [-0.15, -0.1) is 11.8 Å². The van der Waals surface area contributed by atoms with Crippen molar-refractivity contribution < 1.29 is 23.8 Å². The maximum atomic E-state index is 12.9. The van der Waals surface area contributed by atoms with Crippen LogP contribution in [0.25, 0.3) is 0 Å². The van der Waals surface area contributed by atoms with E-state index in [9.17, 15) is 9.59 Å². The molecule has 0 aromatic heterocycles. The van der Waals surface area contributed by atoms with Crippen molar-refractivity contribution in [3.63, 3.8) is 0 Å². The number of methoxy groups -OCH3 is 3. The first-order valence-electron chi connectivity index (χ1n) is 10.3. The van der Waals surface area contributed by atoms with Crippen LogP contribution in [-0.4, -0.2) is 38.9 Å². The van der Waals surface area contributed by atoms with Gasteiger partial charge in [0.15, 0.2) is 0 Å². The lowest BCUT2D eigenvalue weighted by Gasteiger charge is -2.27. The number of benzene rings is 3. The van der Waals surface area contributed by atoms with Crippen molar-refractivity contribution in [2.24, 2.45) is 0 Å². The van der Waals surface area contributed by atoms with Crippen molar-refractivity contribution >= 4 is 35.0 Å². The molecule has 0 spiro atoms. The van der Waals surface area contributed by atoms with Gasteiger partial charge in [0.2, 0.25) is 5.91 Å². The van der Waals surface area contributed by atoms with Gasteiger partial charge in [0.1, 0.15) is 22.6 Å². The van der Waals surface area contributed by atoms with Gasteiger partial charge >= 0.3 is 0 Å². The maximum Gasteiger partial charge on any atom is 0.255 e. The second-order valence-electron chi connectivity index (χ2n) is 7.24. The van der Waals surface area contributed by atoms with E-state index in [1.807, 2.05) is 30.3 Å². The Hall–Kier alpha value is -3.65. The summed E-state index contributed by atoms with van der Waals surface area (Å²) in [5.41, 5.74) is 2.58. The minimum Gasteiger partial charge on any atom is -0.497 e. The summed E-state index contributed by atoms with van der Waals surface area (Å²) in [4.78, 5) is 27.6. The molecule has 0 bridgehead atoms. The van der Waals surface area contributed by atoms with Crippen LogP contribution in [0.2, 0.25) is 0 Å². The van der Waals surface area contributed by atoms with Crippen molar-refractivity contribution in [2.45, 2.75) is 5.37 Å². The zero-order valence-corrected chi connectivity index (χ0v) is 19.3. The van der Waals surface area contributed by atoms with Crippen LogP contribution in [0, 0.1) is 0 Å². The molecule has 3 aromatic carbocycles. The molecule has 170 valence electrons. The van der Waals surface area contributed by atoms with E-state index in [0.717, 1.165) is 5.56 Å². The lowest BCUT2D eigenvalue weighted by molar-refractivity contribution is -0.115. The molecule has 1 saturated heterocycles. The minimum atomic E-state index is -0.332. The first kappa shape index (κ1) is 22.5. The van der Waals surface area contributed by atoms with E-state index in [2.05, 4.69) is 5.32 Å². The standard InChI is InChI=1S/C25H24N2O5S/c1-30-17-8-6-7-16(13-17)24(29)26-20-10-5-4-9-19(20)25-27(23(28)15-33-25)21-12-11-18(31-2)14-22(21)32-3/h4-14,25H,15H2,1-3H3,(H,26,29). The molecule has 8 heteroatoms. The zero-order chi connectivity index (χ0) is 23.4. The smallest absolute Gasteiger partial charge is 0.255 e. The molecule has 1 aliphatic rings. The number of hydrogen-bond donors (Lipinski definition) is 1. The molecule has 1 N–H and O–H groups in total. The molecule has 2 amide bonds. The largest absolute Gasteiger partial charge is 0.497 e. The Kier molecular flexibility index (Phi) is 6.74. The quantitative estimate of drug-likeness (QED) is 0.544. The van der Waals surface area contributed by atoms with Gasteiger partial charge in [0, 0.05) is 22.9 Å². The number of anilines is 2. The number of rotatable bonds is 7. The lowest BCUT2D eigenvalue weighted by atomic mass is 10.1. The summed E-state index contributed by atoms with van der Waals surface area (Å²) in [7, 11) is 4.70. The van der Waals surface area contributed by atoms with Gasteiger partial charge < -0.3 is 19.5 Å². The van der Waals surface area contributed by atoms with Crippen molar-refractivity contribution in [3.05, 3.63) is 77.9 Å². The van der Waals surface area contributed by atoms with Gasteiger partial charge in [-0.3, -0.25) is 14.5 Å². The monoisotopic (exact) mass is 464 g/mol. The Labute approximate surface area is 196 Å². The van der Waals surface area contributed by atoms with Gasteiger partial charge in [-0.2, -0.15) is 0 Å². The molecule has 0 radical (unpaired) electrons. The first-order chi connectivity index (χ1) is 16.0. The molecule has 1 fully saturated rings. The Morgan fingerprint density at radius 1 is 0.939 bits per heavy atom. The number of nitrogens with one attached hydrogen (secondary N) is 1. The van der Waals surface area contributed by atoms with Gasteiger partial charge in [0.05, 0.1) is 32.8 Å². The third-order valence-electron chi connectivity index (χ3n) is 5.32. The predicted octanol–water partition coefficient (Wildman–Crippen LogP) is 4.74. The van der Waals surface area contributed by atoms with Gasteiger partial charge in [-0.25, -0.2) is 0 Å². The number of ether oxygens (including phenoxy) is 3. The number of nitrogens with zero attached hydrogens (tertiary/aromatic N) is 1. The summed E-state index contributed by atoms with van der Waals surface area (Å²) in [5, 5.41) is 2.66. The average Bonchev–Trinajstić information content (AvgIpc) is 3.24. The van der Waals surface area contributed by atoms with Crippen LogP contribution in [0.15, 0.2) is 66.7 Å². The van der Waals surface area contributed by atoms with E-state index >= 15 is 0 Å². The molecule has 4 rings (SSSR count). The third kappa shape index (κ3) is 4.61. The van der Waals surface area contributed by atoms with E-state index < -0.39 is 0 Å². The molecule has 0 aliphatic carbocycles. The van der Waals surface area contributed by atoms with Crippen LogP contribution < -0.4 is 24.4 Å². The number of para-hydroxylation sites is 1. The Bertz CT molecular complexity index is 1180. The summed E-state index contributed by atoms with van der Waals surface area (Å²) in [6, 6.07) is 19.8. The van der Waals surface area contributed by atoms with Gasteiger partial charge in [-0.05, 0) is 36.4 Å². The summed E-state index contributed by atoms with van der Waals surface area (Å²) >= 11 is 1.50. The van der Waals surface area contributed by atoms with Crippen molar-refractivity contribution in [1.29, 1.82) is 0 Å². The highest BCUT2D eigenvalue weighted by Crippen LogP contribution is 2.47. The molecule has 0 saturated carbocycles. The number of hydrogen-bond acceptors (Lipinski definition) is 6. The fraction of sp³-hybridized carbons (Fsp3) is 0.200. The molecule has 33 heavy (non-hydrogen) atoms. The highest BCUT2D eigenvalue weighted by Gasteiger charge is 2.37. The average molecular weight is 465 g/mol. The molecular weight excluding hydrogens is 440 g/mol. The topological polar surface area (TPSA) is 77.1 Å². The second kappa shape index (κ2) is 9.87. The molecule has 1 aliphatic heterocycles. The Morgan fingerprint density at radius 3 is 2.45 bits per heavy atom. The van der Waals surface area contributed by atoms with Crippen LogP contribution in [0.4, 0.5) is 11.4 Å². The normalized spacial score (nSPS) is 15.3. The zero-order valence-electron chi connectivity index (χ0n) is 18.5. The van der Waals surface area contributed by atoms with Crippen molar-refractivity contribution in [1.82, 2.24) is 0 Å². The van der Waals surface area contributed by atoms with Gasteiger partial charge in [0.25, 0.3) is 5.91 Å². The molecule has 1 atom stereocenters. The summed E-state index contributed by atoms with van der Waals surface area (Å²) < 4.78 is 16.1. The van der Waals surface area contributed by atoms with E-state index in [-0.39, 0.29) is 17.2 Å². The molecule has 1 unspecified atom stereocenters. The molecular formula is C25H24N2O5S. The van der Waals surface area contributed by atoms with Crippen molar-refractivity contribution in [3.8, 4) is 17.2 Å². The molecule has 3 aromatic rings. The fourth-order valence-corrected chi connectivity index (χ4v) is 4.89. The van der Waals surface area contributed by atoms with E-state index in [4.69, 9.17) is 14.2 Å². The fourth-order valence-electron chi connectivity index (χ4n) is 3.68. The molecule has 7 nitrogen and oxygen atoms in total. The highest BCUT2D eigenvalue weighted by atomic mass is 32.2.